The first-order valence-electron chi connectivity index (χ1n) is 6.06. The molecule has 0 aliphatic carbocycles. The highest BCUT2D eigenvalue weighted by molar-refractivity contribution is 7.99. The van der Waals surface area contributed by atoms with Crippen molar-refractivity contribution in [1.29, 1.82) is 0 Å². The molecule has 19 heavy (non-hydrogen) atoms. The van der Waals surface area contributed by atoms with Gasteiger partial charge in [0.05, 0.1) is 16.7 Å². The SMILES string of the molecule is CC(N)c1ccc(Sc2nc3ccccc3[nH]2)cn1. The highest BCUT2D eigenvalue weighted by atomic mass is 32.2. The fourth-order valence-corrected chi connectivity index (χ4v) is 2.58. The molecule has 4 nitrogen and oxygen atoms in total. The molecule has 0 bridgehead atoms. The molecule has 1 atom stereocenters. The number of imidazole rings is 1. The molecular formula is C14H14N4S. The summed E-state index contributed by atoms with van der Waals surface area (Å²) < 4.78 is 0. The maximum atomic E-state index is 5.78. The van der Waals surface area contributed by atoms with Crippen molar-refractivity contribution in [2.24, 2.45) is 5.73 Å². The van der Waals surface area contributed by atoms with Crippen molar-refractivity contribution in [1.82, 2.24) is 15.0 Å². The summed E-state index contributed by atoms with van der Waals surface area (Å²) in [5, 5.41) is 0.872. The van der Waals surface area contributed by atoms with Crippen LogP contribution in [-0.2, 0) is 0 Å². The number of pyridine rings is 1. The van der Waals surface area contributed by atoms with Crippen LogP contribution in [-0.4, -0.2) is 15.0 Å². The minimum atomic E-state index is -0.0368. The number of rotatable bonds is 3. The van der Waals surface area contributed by atoms with Gasteiger partial charge in [0.2, 0.25) is 0 Å². The molecule has 0 saturated heterocycles. The first-order valence-corrected chi connectivity index (χ1v) is 6.88. The molecule has 1 unspecified atom stereocenters. The number of nitrogens with zero attached hydrogens (tertiary/aromatic N) is 2. The van der Waals surface area contributed by atoms with Gasteiger partial charge in [-0.1, -0.05) is 23.9 Å². The smallest absolute Gasteiger partial charge is 0.171 e. The number of nitrogens with one attached hydrogen (secondary N) is 1. The summed E-state index contributed by atoms with van der Waals surface area (Å²) in [6.45, 7) is 1.92. The molecule has 0 fully saturated rings. The van der Waals surface area contributed by atoms with Crippen LogP contribution in [0, 0.1) is 0 Å². The second kappa shape index (κ2) is 5.03. The maximum absolute atomic E-state index is 5.78. The van der Waals surface area contributed by atoms with E-state index < -0.39 is 0 Å². The molecular weight excluding hydrogens is 256 g/mol. The maximum Gasteiger partial charge on any atom is 0.171 e. The standard InChI is InChI=1S/C14H14N4S/c1-9(15)11-7-6-10(8-16-11)19-14-17-12-4-2-3-5-13(12)18-14/h2-9H,15H2,1H3,(H,17,18). The van der Waals surface area contributed by atoms with E-state index in [2.05, 4.69) is 15.0 Å². The van der Waals surface area contributed by atoms with Crippen LogP contribution in [0.15, 0.2) is 52.6 Å². The zero-order valence-electron chi connectivity index (χ0n) is 10.5. The van der Waals surface area contributed by atoms with Gasteiger partial charge >= 0.3 is 0 Å². The van der Waals surface area contributed by atoms with Crippen LogP contribution in [0.5, 0.6) is 0 Å². The van der Waals surface area contributed by atoms with Gasteiger partial charge in [-0.05, 0) is 31.2 Å². The Morgan fingerprint density at radius 1 is 1.21 bits per heavy atom. The molecule has 3 rings (SSSR count). The second-order valence-corrected chi connectivity index (χ2v) is 5.43. The molecule has 0 saturated carbocycles. The molecule has 3 N–H and O–H groups in total. The van der Waals surface area contributed by atoms with E-state index in [0.717, 1.165) is 26.8 Å². The summed E-state index contributed by atoms with van der Waals surface area (Å²) in [6.07, 6.45) is 1.83. The van der Waals surface area contributed by atoms with Gasteiger partial charge in [0, 0.05) is 17.1 Å². The number of H-pyrrole nitrogens is 1. The van der Waals surface area contributed by atoms with Crippen molar-refractivity contribution in [2.45, 2.75) is 23.0 Å². The lowest BCUT2D eigenvalue weighted by Gasteiger charge is -2.04. The first-order chi connectivity index (χ1) is 9.22. The second-order valence-electron chi connectivity index (χ2n) is 4.37. The third kappa shape index (κ3) is 2.62. The molecule has 1 aromatic carbocycles. The zero-order valence-corrected chi connectivity index (χ0v) is 11.3. The highest BCUT2D eigenvalue weighted by Crippen LogP contribution is 2.26. The van der Waals surface area contributed by atoms with Gasteiger partial charge < -0.3 is 10.7 Å². The van der Waals surface area contributed by atoms with Gasteiger partial charge in [-0.15, -0.1) is 0 Å². The van der Waals surface area contributed by atoms with Crippen molar-refractivity contribution >= 4 is 22.8 Å². The average molecular weight is 270 g/mol. The number of aromatic amines is 1. The molecule has 0 radical (unpaired) electrons. The zero-order chi connectivity index (χ0) is 13.2. The first kappa shape index (κ1) is 12.2. The number of aromatic nitrogens is 3. The summed E-state index contributed by atoms with van der Waals surface area (Å²) in [5.41, 5.74) is 8.70. The van der Waals surface area contributed by atoms with Gasteiger partial charge in [0.15, 0.2) is 5.16 Å². The molecule has 0 spiro atoms. The Bertz CT molecular complexity index is 655. The summed E-state index contributed by atoms with van der Waals surface area (Å²) in [6, 6.07) is 11.9. The lowest BCUT2D eigenvalue weighted by atomic mass is 10.2. The van der Waals surface area contributed by atoms with Crippen molar-refractivity contribution < 1.29 is 0 Å². The minimum absolute atomic E-state index is 0.0368. The normalized spacial score (nSPS) is 12.7. The van der Waals surface area contributed by atoms with E-state index in [0.29, 0.717) is 0 Å². The molecule has 3 aromatic rings. The molecule has 0 amide bonds. The van der Waals surface area contributed by atoms with Crippen LogP contribution >= 0.6 is 11.8 Å². The Morgan fingerprint density at radius 3 is 2.74 bits per heavy atom. The van der Waals surface area contributed by atoms with Crippen molar-refractivity contribution in [3.8, 4) is 0 Å². The Hall–Kier alpha value is -1.85. The Kier molecular flexibility index (Phi) is 3.23. The molecule has 2 heterocycles. The van der Waals surface area contributed by atoms with Crippen LogP contribution in [0.1, 0.15) is 18.7 Å². The predicted molar refractivity (Wildman–Crippen MR) is 77.1 cm³/mol. The molecule has 5 heteroatoms. The van der Waals surface area contributed by atoms with E-state index in [4.69, 9.17) is 5.73 Å². The Morgan fingerprint density at radius 2 is 2.05 bits per heavy atom. The Labute approximate surface area is 115 Å². The van der Waals surface area contributed by atoms with E-state index >= 15 is 0 Å². The van der Waals surface area contributed by atoms with E-state index in [1.165, 1.54) is 0 Å². The third-order valence-electron chi connectivity index (χ3n) is 2.81. The quantitative estimate of drug-likeness (QED) is 0.767. The van der Waals surface area contributed by atoms with E-state index in [1.807, 2.05) is 49.5 Å². The minimum Gasteiger partial charge on any atom is -0.333 e. The van der Waals surface area contributed by atoms with Crippen molar-refractivity contribution in [2.75, 3.05) is 0 Å². The van der Waals surface area contributed by atoms with Crippen molar-refractivity contribution in [3.63, 3.8) is 0 Å². The van der Waals surface area contributed by atoms with E-state index in [9.17, 15) is 0 Å². The lowest BCUT2D eigenvalue weighted by molar-refractivity contribution is 0.777. The molecule has 0 aliphatic rings. The molecule has 2 aromatic heterocycles. The largest absolute Gasteiger partial charge is 0.333 e. The van der Waals surface area contributed by atoms with Gasteiger partial charge in [0.25, 0.3) is 0 Å². The Balaban J connectivity index is 1.84. The van der Waals surface area contributed by atoms with Crippen LogP contribution in [0.2, 0.25) is 0 Å². The van der Waals surface area contributed by atoms with Crippen molar-refractivity contribution in [3.05, 3.63) is 48.3 Å². The summed E-state index contributed by atoms with van der Waals surface area (Å²) in [4.78, 5) is 13.2. The van der Waals surface area contributed by atoms with Crippen LogP contribution in [0.4, 0.5) is 0 Å². The monoisotopic (exact) mass is 270 g/mol. The number of nitrogens with two attached hydrogens (primary N) is 1. The number of para-hydroxylation sites is 2. The lowest BCUT2D eigenvalue weighted by Crippen LogP contribution is -2.06. The number of benzene rings is 1. The van der Waals surface area contributed by atoms with E-state index in [1.54, 1.807) is 11.8 Å². The van der Waals surface area contributed by atoms with E-state index in [-0.39, 0.29) is 6.04 Å². The number of hydrogen-bond acceptors (Lipinski definition) is 4. The van der Waals surface area contributed by atoms with Crippen LogP contribution in [0.3, 0.4) is 0 Å². The summed E-state index contributed by atoms with van der Waals surface area (Å²) in [7, 11) is 0. The van der Waals surface area contributed by atoms with Gasteiger partial charge in [0.1, 0.15) is 0 Å². The number of fused-ring (bicyclic) bond motifs is 1. The highest BCUT2D eigenvalue weighted by Gasteiger charge is 2.05. The topological polar surface area (TPSA) is 67.6 Å². The fraction of sp³-hybridized carbons (Fsp3) is 0.143. The van der Waals surface area contributed by atoms with Crippen LogP contribution in [0.25, 0.3) is 11.0 Å². The van der Waals surface area contributed by atoms with Crippen LogP contribution < -0.4 is 5.73 Å². The van der Waals surface area contributed by atoms with Gasteiger partial charge in [-0.3, -0.25) is 4.98 Å². The molecule has 0 aliphatic heterocycles. The summed E-state index contributed by atoms with van der Waals surface area (Å²) in [5.74, 6) is 0. The fourth-order valence-electron chi connectivity index (χ4n) is 1.81. The third-order valence-corrected chi connectivity index (χ3v) is 3.67. The summed E-state index contributed by atoms with van der Waals surface area (Å²) >= 11 is 1.56. The van der Waals surface area contributed by atoms with Gasteiger partial charge in [-0.2, -0.15) is 0 Å². The number of hydrogen-bond donors (Lipinski definition) is 2. The predicted octanol–water partition coefficient (Wildman–Crippen LogP) is 3.13. The van der Waals surface area contributed by atoms with Gasteiger partial charge in [-0.25, -0.2) is 4.98 Å². The molecule has 96 valence electrons. The average Bonchev–Trinajstić information content (AvgIpc) is 2.81.